The minimum Gasteiger partial charge on any atom is -0.357 e. The van der Waals surface area contributed by atoms with Crippen molar-refractivity contribution < 1.29 is 4.79 Å². The van der Waals surface area contributed by atoms with Gasteiger partial charge in [-0.3, -0.25) is 9.79 Å². The van der Waals surface area contributed by atoms with Crippen LogP contribution in [0.15, 0.2) is 40.5 Å². The zero-order valence-electron chi connectivity index (χ0n) is 12.0. The van der Waals surface area contributed by atoms with Crippen molar-refractivity contribution in [3.63, 3.8) is 0 Å². The van der Waals surface area contributed by atoms with Gasteiger partial charge in [-0.1, -0.05) is 26.0 Å². The Bertz CT molecular complexity index is 629. The van der Waals surface area contributed by atoms with Crippen LogP contribution >= 0.6 is 12.4 Å². The van der Waals surface area contributed by atoms with E-state index in [1.807, 2.05) is 31.2 Å². The van der Waals surface area contributed by atoms with Gasteiger partial charge in [-0.05, 0) is 30.9 Å². The third-order valence-corrected chi connectivity index (χ3v) is 3.71. The van der Waals surface area contributed by atoms with Crippen molar-refractivity contribution in [3.05, 3.63) is 35.5 Å². The molecule has 0 spiro atoms. The maximum Gasteiger partial charge on any atom is 0.166 e. The van der Waals surface area contributed by atoms with Crippen molar-refractivity contribution in [1.82, 2.24) is 0 Å². The fourth-order valence-electron chi connectivity index (χ4n) is 2.90. The number of anilines is 1. The van der Waals surface area contributed by atoms with E-state index in [1.54, 1.807) is 0 Å². The summed E-state index contributed by atoms with van der Waals surface area (Å²) < 4.78 is 0. The zero-order valence-corrected chi connectivity index (χ0v) is 12.8. The second-order valence-corrected chi connectivity index (χ2v) is 6.14. The topological polar surface area (TPSA) is 41.5 Å². The quantitative estimate of drug-likeness (QED) is 0.775. The van der Waals surface area contributed by atoms with Gasteiger partial charge in [-0.25, -0.2) is 0 Å². The summed E-state index contributed by atoms with van der Waals surface area (Å²) in [6.45, 7) is 6.22. The average Bonchev–Trinajstić information content (AvgIpc) is 2.42. The van der Waals surface area contributed by atoms with Crippen LogP contribution in [-0.2, 0) is 4.79 Å². The second-order valence-electron chi connectivity index (χ2n) is 6.14. The summed E-state index contributed by atoms with van der Waals surface area (Å²) in [4.78, 5) is 17.1. The smallest absolute Gasteiger partial charge is 0.166 e. The summed E-state index contributed by atoms with van der Waals surface area (Å²) >= 11 is 0. The van der Waals surface area contributed by atoms with Gasteiger partial charge in [0.15, 0.2) is 5.78 Å². The SMILES string of the molecule is CC1=C2C(=O)CC(C)(C)CC2=Nc2ccccc2N1.Cl. The molecule has 1 saturated carbocycles. The van der Waals surface area contributed by atoms with Crippen LogP contribution in [0.2, 0.25) is 0 Å². The number of carbonyl (C=O) groups is 1. The fourth-order valence-corrected chi connectivity index (χ4v) is 2.90. The number of allylic oxidation sites excluding steroid dienone is 2. The molecule has 0 unspecified atom stereocenters. The minimum atomic E-state index is -0.00101. The number of rotatable bonds is 0. The monoisotopic (exact) mass is 290 g/mol. The highest BCUT2D eigenvalue weighted by Gasteiger charge is 2.36. The molecule has 0 atom stereocenters. The number of nitrogens with zero attached hydrogens (tertiary/aromatic N) is 1. The van der Waals surface area contributed by atoms with E-state index in [1.165, 1.54) is 0 Å². The Labute approximate surface area is 125 Å². The number of fused-ring (bicyclic) bond motifs is 2. The van der Waals surface area contributed by atoms with Crippen LogP contribution in [0.3, 0.4) is 0 Å². The highest BCUT2D eigenvalue weighted by Crippen LogP contribution is 2.39. The fraction of sp³-hybridized carbons (Fsp3) is 0.375. The number of Topliss-reactive ketones (excluding diaryl/α,β-unsaturated/α-hetero) is 1. The summed E-state index contributed by atoms with van der Waals surface area (Å²) in [5.41, 5.74) is 4.52. The second kappa shape index (κ2) is 5.06. The molecule has 20 heavy (non-hydrogen) atoms. The molecule has 1 aromatic carbocycles. The number of ketones is 1. The highest BCUT2D eigenvalue weighted by atomic mass is 35.5. The lowest BCUT2D eigenvalue weighted by molar-refractivity contribution is -0.117. The Hall–Kier alpha value is -1.61. The van der Waals surface area contributed by atoms with Gasteiger partial charge < -0.3 is 5.32 Å². The van der Waals surface area contributed by atoms with Gasteiger partial charge in [-0.2, -0.15) is 0 Å². The zero-order chi connectivity index (χ0) is 13.6. The van der Waals surface area contributed by atoms with E-state index in [4.69, 9.17) is 4.99 Å². The maximum absolute atomic E-state index is 12.4. The predicted molar refractivity (Wildman–Crippen MR) is 85.1 cm³/mol. The van der Waals surface area contributed by atoms with Gasteiger partial charge >= 0.3 is 0 Å². The van der Waals surface area contributed by atoms with Crippen LogP contribution in [0.25, 0.3) is 0 Å². The van der Waals surface area contributed by atoms with Gasteiger partial charge in [-0.15, -0.1) is 12.4 Å². The molecule has 0 bridgehead atoms. The highest BCUT2D eigenvalue weighted by molar-refractivity contribution is 6.26. The van der Waals surface area contributed by atoms with Crippen LogP contribution in [0, 0.1) is 5.41 Å². The Morgan fingerprint density at radius 3 is 2.65 bits per heavy atom. The van der Waals surface area contributed by atoms with Crippen LogP contribution in [-0.4, -0.2) is 11.5 Å². The lowest BCUT2D eigenvalue weighted by atomic mass is 9.73. The molecule has 1 aliphatic carbocycles. The van der Waals surface area contributed by atoms with Crippen LogP contribution in [0.4, 0.5) is 11.4 Å². The lowest BCUT2D eigenvalue weighted by Gasteiger charge is -2.31. The van der Waals surface area contributed by atoms with Gasteiger partial charge in [0.25, 0.3) is 0 Å². The molecule has 3 rings (SSSR count). The molecule has 0 aromatic heterocycles. The van der Waals surface area contributed by atoms with E-state index in [-0.39, 0.29) is 23.6 Å². The third kappa shape index (κ3) is 2.50. The summed E-state index contributed by atoms with van der Waals surface area (Å²) in [5, 5.41) is 3.32. The van der Waals surface area contributed by atoms with Crippen molar-refractivity contribution in [2.75, 3.05) is 5.32 Å². The van der Waals surface area contributed by atoms with E-state index < -0.39 is 0 Å². The number of hydrogen-bond donors (Lipinski definition) is 1. The van der Waals surface area contributed by atoms with Crippen LogP contribution < -0.4 is 5.32 Å². The first-order valence-corrected chi connectivity index (χ1v) is 6.64. The molecule has 0 radical (unpaired) electrons. The van der Waals surface area contributed by atoms with Crippen molar-refractivity contribution in [3.8, 4) is 0 Å². The molecule has 3 nitrogen and oxygen atoms in total. The first-order chi connectivity index (χ1) is 8.96. The van der Waals surface area contributed by atoms with Crippen molar-refractivity contribution in [2.24, 2.45) is 10.4 Å². The molecule has 4 heteroatoms. The van der Waals surface area contributed by atoms with E-state index in [0.29, 0.717) is 6.42 Å². The summed E-state index contributed by atoms with van der Waals surface area (Å²) in [5.74, 6) is 0.202. The van der Waals surface area contributed by atoms with Gasteiger partial charge in [0, 0.05) is 12.1 Å². The van der Waals surface area contributed by atoms with Gasteiger partial charge in [0.05, 0.1) is 22.7 Å². The van der Waals surface area contributed by atoms with Crippen molar-refractivity contribution >= 4 is 35.3 Å². The molecular formula is C16H19ClN2O. The number of halogens is 1. The molecule has 106 valence electrons. The van der Waals surface area contributed by atoms with Crippen LogP contribution in [0.5, 0.6) is 0 Å². The van der Waals surface area contributed by atoms with Gasteiger partial charge in [0.1, 0.15) is 0 Å². The first-order valence-electron chi connectivity index (χ1n) is 6.64. The Kier molecular flexibility index (Phi) is 3.74. The molecule has 1 aliphatic heterocycles. The molecule has 1 aromatic rings. The predicted octanol–water partition coefficient (Wildman–Crippen LogP) is 4.27. The number of benzene rings is 1. The Balaban J connectivity index is 0.00000147. The van der Waals surface area contributed by atoms with E-state index in [2.05, 4.69) is 19.2 Å². The number of carbonyl (C=O) groups excluding carboxylic acids is 1. The van der Waals surface area contributed by atoms with Gasteiger partial charge in [0.2, 0.25) is 0 Å². The van der Waals surface area contributed by atoms with E-state index >= 15 is 0 Å². The Morgan fingerprint density at radius 1 is 1.20 bits per heavy atom. The van der Waals surface area contributed by atoms with Crippen molar-refractivity contribution in [2.45, 2.75) is 33.6 Å². The number of para-hydroxylation sites is 2. The van der Waals surface area contributed by atoms with Crippen LogP contribution in [0.1, 0.15) is 33.6 Å². The maximum atomic E-state index is 12.4. The molecule has 1 N–H and O–H groups in total. The molecule has 0 amide bonds. The largest absolute Gasteiger partial charge is 0.357 e. The molecular weight excluding hydrogens is 272 g/mol. The number of hydrogen-bond acceptors (Lipinski definition) is 3. The van der Waals surface area contributed by atoms with E-state index in [9.17, 15) is 4.79 Å². The van der Waals surface area contributed by atoms with E-state index in [0.717, 1.165) is 34.8 Å². The molecule has 2 aliphatic rings. The summed E-state index contributed by atoms with van der Waals surface area (Å²) in [7, 11) is 0. The molecule has 0 saturated heterocycles. The standard InChI is InChI=1S/C16H18N2O.ClH/c1-10-15-13(8-16(2,3)9-14(15)19)18-12-7-5-4-6-11(12)17-10;/h4-7,17H,8-9H2,1-3H3;1H. The summed E-state index contributed by atoms with van der Waals surface area (Å²) in [6, 6.07) is 7.93. The normalized spacial score (nSPS) is 19.9. The minimum absolute atomic E-state index is 0. The lowest BCUT2D eigenvalue weighted by Crippen LogP contribution is -2.32. The number of nitrogens with one attached hydrogen (secondary N) is 1. The van der Waals surface area contributed by atoms with Crippen molar-refractivity contribution in [1.29, 1.82) is 0 Å². The average molecular weight is 291 g/mol. The Morgan fingerprint density at radius 2 is 1.90 bits per heavy atom. The number of aliphatic imine (C=N–C) groups is 1. The molecule has 1 fully saturated rings. The first kappa shape index (κ1) is 14.8. The summed E-state index contributed by atoms with van der Waals surface area (Å²) in [6.07, 6.45) is 1.44. The third-order valence-electron chi connectivity index (χ3n) is 3.71. The molecule has 1 heterocycles.